The lowest BCUT2D eigenvalue weighted by Crippen LogP contribution is -2.26. The van der Waals surface area contributed by atoms with E-state index in [-0.39, 0.29) is 18.1 Å². The van der Waals surface area contributed by atoms with E-state index in [1.165, 1.54) is 4.57 Å². The Hall–Kier alpha value is -3.02. The summed E-state index contributed by atoms with van der Waals surface area (Å²) in [6.07, 6.45) is 0. The molecule has 0 radical (unpaired) electrons. The third-order valence-corrected chi connectivity index (χ3v) is 3.44. The van der Waals surface area contributed by atoms with Crippen LogP contribution in [0.2, 0.25) is 0 Å². The molecule has 118 valence electrons. The standard InChI is InChI=1S/C17H17N3O3/c1-2-23-15-10-6-4-8-13(15)18-16(21)11-20-14-9-5-3-7-12(14)19-17(20)22/h3-10H,2,11H2,1H3,(H,18,21)(H,19,22). The molecule has 3 rings (SSSR count). The number of aromatic amines is 1. The molecule has 0 saturated heterocycles. The number of nitrogens with zero attached hydrogens (tertiary/aromatic N) is 1. The molecule has 2 N–H and O–H groups in total. The first-order chi connectivity index (χ1) is 11.2. The average molecular weight is 311 g/mol. The van der Waals surface area contributed by atoms with Gasteiger partial charge in [0.1, 0.15) is 12.3 Å². The third-order valence-electron chi connectivity index (χ3n) is 3.44. The number of carbonyl (C=O) groups excluding carboxylic acids is 1. The normalized spacial score (nSPS) is 10.7. The number of fused-ring (bicyclic) bond motifs is 1. The Morgan fingerprint density at radius 3 is 2.74 bits per heavy atom. The van der Waals surface area contributed by atoms with Crippen molar-refractivity contribution in [1.29, 1.82) is 0 Å². The molecule has 0 fully saturated rings. The zero-order chi connectivity index (χ0) is 16.2. The van der Waals surface area contributed by atoms with E-state index in [4.69, 9.17) is 4.74 Å². The van der Waals surface area contributed by atoms with Crippen LogP contribution in [0.5, 0.6) is 5.75 Å². The van der Waals surface area contributed by atoms with Crippen LogP contribution in [-0.2, 0) is 11.3 Å². The van der Waals surface area contributed by atoms with Crippen molar-refractivity contribution in [1.82, 2.24) is 9.55 Å². The van der Waals surface area contributed by atoms with Gasteiger partial charge in [0.25, 0.3) is 0 Å². The van der Waals surface area contributed by atoms with E-state index in [9.17, 15) is 9.59 Å². The monoisotopic (exact) mass is 311 g/mol. The first-order valence-corrected chi connectivity index (χ1v) is 7.38. The molecule has 0 saturated carbocycles. The summed E-state index contributed by atoms with van der Waals surface area (Å²) < 4.78 is 6.89. The largest absolute Gasteiger partial charge is 0.492 e. The Bertz CT molecular complexity index is 895. The van der Waals surface area contributed by atoms with E-state index in [0.29, 0.717) is 29.1 Å². The van der Waals surface area contributed by atoms with Gasteiger partial charge in [0.15, 0.2) is 0 Å². The van der Waals surface area contributed by atoms with E-state index in [1.807, 2.05) is 31.2 Å². The van der Waals surface area contributed by atoms with Crippen molar-refractivity contribution in [2.24, 2.45) is 0 Å². The van der Waals surface area contributed by atoms with Gasteiger partial charge in [-0.05, 0) is 31.2 Å². The summed E-state index contributed by atoms with van der Waals surface area (Å²) >= 11 is 0. The maximum absolute atomic E-state index is 12.3. The van der Waals surface area contributed by atoms with Gasteiger partial charge in [0.2, 0.25) is 5.91 Å². The van der Waals surface area contributed by atoms with Crippen LogP contribution in [0.3, 0.4) is 0 Å². The quantitative estimate of drug-likeness (QED) is 0.759. The van der Waals surface area contributed by atoms with E-state index >= 15 is 0 Å². The van der Waals surface area contributed by atoms with Gasteiger partial charge in [-0.15, -0.1) is 0 Å². The second kappa shape index (κ2) is 6.39. The summed E-state index contributed by atoms with van der Waals surface area (Å²) in [5.74, 6) is 0.318. The van der Waals surface area contributed by atoms with Crippen molar-refractivity contribution < 1.29 is 9.53 Å². The van der Waals surface area contributed by atoms with Crippen molar-refractivity contribution >= 4 is 22.6 Å². The van der Waals surface area contributed by atoms with Crippen LogP contribution in [0, 0.1) is 0 Å². The third kappa shape index (κ3) is 3.11. The molecule has 3 aromatic rings. The summed E-state index contributed by atoms with van der Waals surface area (Å²) in [5.41, 5.74) is 1.69. The molecule has 0 bridgehead atoms. The van der Waals surface area contributed by atoms with Crippen molar-refractivity contribution in [3.05, 3.63) is 59.0 Å². The minimum atomic E-state index is -0.306. The fourth-order valence-corrected chi connectivity index (χ4v) is 2.45. The first-order valence-electron chi connectivity index (χ1n) is 7.38. The number of benzene rings is 2. The number of hydrogen-bond donors (Lipinski definition) is 2. The number of H-pyrrole nitrogens is 1. The van der Waals surface area contributed by atoms with Gasteiger partial charge in [0.05, 0.1) is 23.3 Å². The molecule has 1 heterocycles. The molecule has 0 aliphatic rings. The van der Waals surface area contributed by atoms with Gasteiger partial charge in [-0.25, -0.2) is 4.79 Å². The molecule has 1 aromatic heterocycles. The second-order valence-corrected chi connectivity index (χ2v) is 5.01. The van der Waals surface area contributed by atoms with Crippen LogP contribution >= 0.6 is 0 Å². The highest BCUT2D eigenvalue weighted by molar-refractivity contribution is 5.93. The summed E-state index contributed by atoms with van der Waals surface area (Å²) in [4.78, 5) is 27.0. The number of carbonyl (C=O) groups is 1. The van der Waals surface area contributed by atoms with E-state index in [0.717, 1.165) is 0 Å². The summed E-state index contributed by atoms with van der Waals surface area (Å²) in [6, 6.07) is 14.5. The van der Waals surface area contributed by atoms with Gasteiger partial charge < -0.3 is 15.0 Å². The molecule has 2 aromatic carbocycles. The van der Waals surface area contributed by atoms with Crippen LogP contribution in [0.1, 0.15) is 6.92 Å². The Kier molecular flexibility index (Phi) is 4.14. The molecular formula is C17H17N3O3. The highest BCUT2D eigenvalue weighted by atomic mass is 16.5. The van der Waals surface area contributed by atoms with Crippen LogP contribution < -0.4 is 15.7 Å². The topological polar surface area (TPSA) is 76.1 Å². The number of amides is 1. The minimum absolute atomic E-state index is 0.0662. The van der Waals surface area contributed by atoms with Crippen LogP contribution in [0.4, 0.5) is 5.69 Å². The number of hydrogen-bond acceptors (Lipinski definition) is 3. The lowest BCUT2D eigenvalue weighted by Gasteiger charge is -2.11. The number of aromatic nitrogens is 2. The lowest BCUT2D eigenvalue weighted by molar-refractivity contribution is -0.116. The van der Waals surface area contributed by atoms with Crippen LogP contribution in [0.15, 0.2) is 53.3 Å². The van der Waals surface area contributed by atoms with Crippen molar-refractivity contribution in [3.63, 3.8) is 0 Å². The van der Waals surface area contributed by atoms with Crippen LogP contribution in [0.25, 0.3) is 11.0 Å². The van der Waals surface area contributed by atoms with Gasteiger partial charge in [-0.2, -0.15) is 0 Å². The number of para-hydroxylation sites is 4. The van der Waals surface area contributed by atoms with Crippen LogP contribution in [-0.4, -0.2) is 22.1 Å². The van der Waals surface area contributed by atoms with Gasteiger partial charge in [0, 0.05) is 0 Å². The van der Waals surface area contributed by atoms with Gasteiger partial charge >= 0.3 is 5.69 Å². The molecule has 6 heteroatoms. The average Bonchev–Trinajstić information content (AvgIpc) is 2.85. The Labute approximate surface area is 132 Å². The molecule has 0 aliphatic carbocycles. The lowest BCUT2D eigenvalue weighted by atomic mass is 10.3. The number of ether oxygens (including phenoxy) is 1. The predicted octanol–water partition coefficient (Wildman–Crippen LogP) is 2.37. The van der Waals surface area contributed by atoms with E-state index in [2.05, 4.69) is 10.3 Å². The Balaban J connectivity index is 1.82. The Morgan fingerprint density at radius 2 is 1.91 bits per heavy atom. The predicted molar refractivity (Wildman–Crippen MR) is 88.8 cm³/mol. The summed E-state index contributed by atoms with van der Waals surface area (Å²) in [7, 11) is 0. The van der Waals surface area contributed by atoms with Crippen molar-refractivity contribution in [2.45, 2.75) is 13.5 Å². The molecule has 0 atom stereocenters. The highest BCUT2D eigenvalue weighted by Gasteiger charge is 2.12. The van der Waals surface area contributed by atoms with Gasteiger partial charge in [-0.1, -0.05) is 24.3 Å². The summed E-state index contributed by atoms with van der Waals surface area (Å²) in [5, 5.41) is 2.79. The van der Waals surface area contributed by atoms with Crippen molar-refractivity contribution in [3.8, 4) is 5.75 Å². The van der Waals surface area contributed by atoms with Crippen molar-refractivity contribution in [2.75, 3.05) is 11.9 Å². The Morgan fingerprint density at radius 1 is 1.17 bits per heavy atom. The zero-order valence-corrected chi connectivity index (χ0v) is 12.7. The molecule has 23 heavy (non-hydrogen) atoms. The molecule has 0 unspecified atom stereocenters. The zero-order valence-electron chi connectivity index (χ0n) is 12.7. The highest BCUT2D eigenvalue weighted by Crippen LogP contribution is 2.23. The molecule has 0 aliphatic heterocycles. The number of rotatable bonds is 5. The molecule has 0 spiro atoms. The fraction of sp³-hybridized carbons (Fsp3) is 0.176. The maximum atomic E-state index is 12.3. The smallest absolute Gasteiger partial charge is 0.326 e. The maximum Gasteiger partial charge on any atom is 0.326 e. The first kappa shape index (κ1) is 14.9. The number of nitrogens with one attached hydrogen (secondary N) is 2. The number of anilines is 1. The second-order valence-electron chi connectivity index (χ2n) is 5.01. The van der Waals surface area contributed by atoms with E-state index < -0.39 is 0 Å². The van der Waals surface area contributed by atoms with E-state index in [1.54, 1.807) is 24.3 Å². The molecule has 1 amide bonds. The molecular weight excluding hydrogens is 294 g/mol. The SMILES string of the molecule is CCOc1ccccc1NC(=O)Cn1c(=O)[nH]c2ccccc21. The fourth-order valence-electron chi connectivity index (χ4n) is 2.45. The number of imidazole rings is 1. The molecule has 6 nitrogen and oxygen atoms in total. The van der Waals surface area contributed by atoms with Gasteiger partial charge in [-0.3, -0.25) is 9.36 Å². The summed E-state index contributed by atoms with van der Waals surface area (Å²) in [6.45, 7) is 2.32. The minimum Gasteiger partial charge on any atom is -0.492 e.